The van der Waals surface area contributed by atoms with Crippen molar-refractivity contribution in [3.05, 3.63) is 12.2 Å². The number of allylic oxidation sites excluding steroid dienone is 2. The van der Waals surface area contributed by atoms with Crippen molar-refractivity contribution >= 4 is 5.97 Å². The van der Waals surface area contributed by atoms with Gasteiger partial charge in [0.1, 0.15) is 54.9 Å². The van der Waals surface area contributed by atoms with Crippen molar-refractivity contribution in [2.24, 2.45) is 0 Å². The molecule has 2 saturated heterocycles. The Labute approximate surface area is 329 Å². The molecule has 14 heteroatoms. The van der Waals surface area contributed by atoms with Crippen molar-refractivity contribution < 1.29 is 69.0 Å². The average molecular weight is 793 g/mol. The zero-order chi connectivity index (χ0) is 40.3. The number of esters is 1. The fraction of sp³-hybridized carbons (Fsp3) is 0.927. The summed E-state index contributed by atoms with van der Waals surface area (Å²) in [7, 11) is 0. The second-order valence-corrected chi connectivity index (χ2v) is 15.2. The van der Waals surface area contributed by atoms with Crippen molar-refractivity contribution in [3.63, 3.8) is 0 Å². The molecule has 11 unspecified atom stereocenters. The Morgan fingerprint density at radius 3 is 1.71 bits per heavy atom. The summed E-state index contributed by atoms with van der Waals surface area (Å²) in [6.07, 6.45) is 10.1. The second kappa shape index (κ2) is 30.8. The van der Waals surface area contributed by atoms with Gasteiger partial charge < -0.3 is 64.2 Å². The van der Waals surface area contributed by atoms with E-state index in [1.54, 1.807) is 0 Å². The summed E-state index contributed by atoms with van der Waals surface area (Å²) >= 11 is 0. The summed E-state index contributed by atoms with van der Waals surface area (Å²) in [6, 6.07) is 0. The maximum Gasteiger partial charge on any atom is 0.306 e. The Morgan fingerprint density at radius 2 is 1.09 bits per heavy atom. The van der Waals surface area contributed by atoms with E-state index in [2.05, 4.69) is 26.0 Å². The molecule has 2 rings (SSSR count). The van der Waals surface area contributed by atoms with Crippen molar-refractivity contribution in [1.82, 2.24) is 0 Å². The molecule has 11 atom stereocenters. The van der Waals surface area contributed by atoms with E-state index >= 15 is 0 Å². The van der Waals surface area contributed by atoms with E-state index in [4.69, 9.17) is 28.4 Å². The maximum atomic E-state index is 12.8. The molecule has 0 spiro atoms. The zero-order valence-corrected chi connectivity index (χ0v) is 33.7. The second-order valence-electron chi connectivity index (χ2n) is 15.2. The first-order valence-corrected chi connectivity index (χ1v) is 21.3. The molecule has 324 valence electrons. The highest BCUT2D eigenvalue weighted by Crippen LogP contribution is 2.26. The zero-order valence-electron chi connectivity index (χ0n) is 33.7. The lowest BCUT2D eigenvalue weighted by Gasteiger charge is -2.42. The predicted octanol–water partition coefficient (Wildman–Crippen LogP) is 3.95. The van der Waals surface area contributed by atoms with Crippen LogP contribution in [0.4, 0.5) is 0 Å². The van der Waals surface area contributed by atoms with Crippen molar-refractivity contribution in [1.29, 1.82) is 0 Å². The summed E-state index contributed by atoms with van der Waals surface area (Å²) in [5.74, 6) is -0.383. The normalized spacial score (nSPS) is 29.2. The SMILES string of the molecule is CCCC/C=C\CCCCCCCCOCC(COC1OC(COC2OC(CO)C(O)C(O)C2O)C(O)C(O)C1O)OC(=O)CCCCCCCCCCC. The maximum absolute atomic E-state index is 12.8. The fourth-order valence-electron chi connectivity index (χ4n) is 6.68. The minimum Gasteiger partial charge on any atom is -0.457 e. The molecular weight excluding hydrogens is 716 g/mol. The summed E-state index contributed by atoms with van der Waals surface area (Å²) in [5.41, 5.74) is 0. The topological polar surface area (TPSA) is 214 Å². The van der Waals surface area contributed by atoms with Crippen LogP contribution < -0.4 is 0 Å². The summed E-state index contributed by atoms with van der Waals surface area (Å²) in [6.45, 7) is 3.60. The van der Waals surface area contributed by atoms with E-state index < -0.39 is 80.7 Å². The molecule has 0 aromatic rings. The van der Waals surface area contributed by atoms with Gasteiger partial charge in [-0.15, -0.1) is 0 Å². The molecule has 2 heterocycles. The number of carbonyl (C=O) groups is 1. The van der Waals surface area contributed by atoms with Crippen LogP contribution in [0.3, 0.4) is 0 Å². The summed E-state index contributed by atoms with van der Waals surface area (Å²) in [4.78, 5) is 12.8. The molecule has 55 heavy (non-hydrogen) atoms. The van der Waals surface area contributed by atoms with Crippen LogP contribution in [0.15, 0.2) is 12.2 Å². The number of aliphatic hydroxyl groups excluding tert-OH is 7. The van der Waals surface area contributed by atoms with Crippen LogP contribution in [0, 0.1) is 0 Å². The van der Waals surface area contributed by atoms with Gasteiger partial charge in [0.2, 0.25) is 0 Å². The Morgan fingerprint density at radius 1 is 0.582 bits per heavy atom. The van der Waals surface area contributed by atoms with Gasteiger partial charge in [-0.2, -0.15) is 0 Å². The number of unbranched alkanes of at least 4 members (excludes halogenated alkanes) is 16. The quantitative estimate of drug-likeness (QED) is 0.0292. The van der Waals surface area contributed by atoms with Gasteiger partial charge in [0, 0.05) is 13.0 Å². The van der Waals surface area contributed by atoms with E-state index in [9.17, 15) is 40.5 Å². The van der Waals surface area contributed by atoms with Crippen molar-refractivity contribution in [2.45, 2.75) is 210 Å². The lowest BCUT2D eigenvalue weighted by atomic mass is 9.98. The minimum absolute atomic E-state index is 0.0610. The third-order valence-electron chi connectivity index (χ3n) is 10.3. The molecule has 0 amide bonds. The average Bonchev–Trinajstić information content (AvgIpc) is 3.18. The molecule has 0 aromatic carbocycles. The lowest BCUT2D eigenvalue weighted by Crippen LogP contribution is -2.61. The van der Waals surface area contributed by atoms with Crippen LogP contribution >= 0.6 is 0 Å². The third-order valence-corrected chi connectivity index (χ3v) is 10.3. The lowest BCUT2D eigenvalue weighted by molar-refractivity contribution is -0.332. The number of carbonyl (C=O) groups excluding carboxylic acids is 1. The Hall–Kier alpha value is -1.27. The minimum atomic E-state index is -1.70. The molecular formula is C41H76O14. The van der Waals surface area contributed by atoms with E-state index in [0.29, 0.717) is 13.0 Å². The summed E-state index contributed by atoms with van der Waals surface area (Å²) < 4.78 is 34.0. The largest absolute Gasteiger partial charge is 0.457 e. The smallest absolute Gasteiger partial charge is 0.306 e. The van der Waals surface area contributed by atoms with Crippen LogP contribution in [-0.2, 0) is 33.2 Å². The van der Waals surface area contributed by atoms with Crippen LogP contribution in [0.1, 0.15) is 142 Å². The predicted molar refractivity (Wildman–Crippen MR) is 206 cm³/mol. The van der Waals surface area contributed by atoms with E-state index in [-0.39, 0.29) is 25.6 Å². The van der Waals surface area contributed by atoms with Crippen molar-refractivity contribution in [3.8, 4) is 0 Å². The standard InChI is InChI=1S/C41H76O14/c1-3-5-7-9-11-13-14-15-17-19-21-23-25-50-27-30(53-33(43)24-22-20-18-16-12-10-8-6-4-2)28-51-40-39(49)37(47)35(45)32(55-40)29-52-41-38(48)36(46)34(44)31(26-42)54-41/h9,11,30-32,34-42,44-49H,3-8,10,12-29H2,1-2H3/b11-9-. The molecule has 0 bridgehead atoms. The first-order valence-electron chi connectivity index (χ1n) is 21.3. The van der Waals surface area contributed by atoms with Crippen LogP contribution in [0.5, 0.6) is 0 Å². The molecule has 14 nitrogen and oxygen atoms in total. The highest BCUT2D eigenvalue weighted by atomic mass is 16.7. The summed E-state index contributed by atoms with van der Waals surface area (Å²) in [5, 5.41) is 71.7. The number of ether oxygens (including phenoxy) is 6. The van der Waals surface area contributed by atoms with Gasteiger partial charge in [-0.25, -0.2) is 0 Å². The Kier molecular flexibility index (Phi) is 27.9. The van der Waals surface area contributed by atoms with E-state index in [0.717, 1.165) is 44.9 Å². The molecule has 0 radical (unpaired) electrons. The first-order chi connectivity index (χ1) is 26.6. The third kappa shape index (κ3) is 20.3. The van der Waals surface area contributed by atoms with Crippen LogP contribution in [0.25, 0.3) is 0 Å². The molecule has 2 aliphatic heterocycles. The Balaban J connectivity index is 1.84. The van der Waals surface area contributed by atoms with Gasteiger partial charge in [-0.1, -0.05) is 116 Å². The fourth-order valence-corrected chi connectivity index (χ4v) is 6.68. The van der Waals surface area contributed by atoms with Gasteiger partial charge in [0.15, 0.2) is 12.6 Å². The first kappa shape index (κ1) is 49.9. The molecule has 0 aromatic heterocycles. The highest BCUT2D eigenvalue weighted by Gasteiger charge is 2.47. The van der Waals surface area contributed by atoms with E-state index in [1.807, 2.05) is 0 Å². The molecule has 2 aliphatic rings. The van der Waals surface area contributed by atoms with Gasteiger partial charge in [0.05, 0.1) is 26.4 Å². The number of aliphatic hydroxyl groups is 7. The van der Waals surface area contributed by atoms with E-state index in [1.165, 1.54) is 70.6 Å². The van der Waals surface area contributed by atoms with Gasteiger partial charge in [0.25, 0.3) is 0 Å². The van der Waals surface area contributed by atoms with Gasteiger partial charge in [-0.3, -0.25) is 4.79 Å². The molecule has 2 fully saturated rings. The number of rotatable bonds is 32. The molecule has 7 N–H and O–H groups in total. The monoisotopic (exact) mass is 793 g/mol. The van der Waals surface area contributed by atoms with Crippen LogP contribution in [0.2, 0.25) is 0 Å². The molecule has 0 saturated carbocycles. The highest BCUT2D eigenvalue weighted by molar-refractivity contribution is 5.69. The Bertz CT molecular complexity index is 969. The van der Waals surface area contributed by atoms with Gasteiger partial charge >= 0.3 is 5.97 Å². The number of hydrogen-bond donors (Lipinski definition) is 7. The molecule has 0 aliphatic carbocycles. The van der Waals surface area contributed by atoms with Crippen molar-refractivity contribution in [2.75, 3.05) is 33.0 Å². The number of hydrogen-bond acceptors (Lipinski definition) is 14. The van der Waals surface area contributed by atoms with Crippen LogP contribution in [-0.4, -0.2) is 142 Å². The van der Waals surface area contributed by atoms with Gasteiger partial charge in [-0.05, 0) is 32.1 Å².